The second kappa shape index (κ2) is 7.59. The summed E-state index contributed by atoms with van der Waals surface area (Å²) in [7, 11) is -4.34. The maximum atomic E-state index is 10.6. The van der Waals surface area contributed by atoms with Crippen LogP contribution in [-0.4, -0.2) is 29.0 Å². The van der Waals surface area contributed by atoms with Crippen LogP contribution in [0.25, 0.3) is 0 Å². The molecule has 0 aromatic carbocycles. The maximum absolute atomic E-state index is 10.6. The number of unbranched alkanes of at least 4 members (excludes halogenated alkanes) is 2. The summed E-state index contributed by atoms with van der Waals surface area (Å²) in [4.78, 5) is 27.2. The van der Waals surface area contributed by atoms with Crippen molar-refractivity contribution < 1.29 is 28.4 Å². The number of phosphoric acid groups is 1. The van der Waals surface area contributed by atoms with Gasteiger partial charge in [0.1, 0.15) is 0 Å². The molecule has 0 aromatic heterocycles. The maximum Gasteiger partial charge on any atom is 0.469 e. The van der Waals surface area contributed by atoms with Gasteiger partial charge in [-0.15, -0.1) is 0 Å². The number of phosphoric ester groups is 1. The van der Waals surface area contributed by atoms with E-state index < -0.39 is 13.8 Å². The van der Waals surface area contributed by atoms with E-state index in [0.717, 1.165) is 6.08 Å². The number of ether oxygens (including phenoxy) is 1. The Morgan fingerprint density at radius 1 is 1.27 bits per heavy atom. The topological polar surface area (TPSA) is 93.1 Å². The van der Waals surface area contributed by atoms with Gasteiger partial charge in [-0.2, -0.15) is 0 Å². The molecule has 0 spiro atoms. The van der Waals surface area contributed by atoms with Gasteiger partial charge in [-0.3, -0.25) is 4.52 Å². The number of carbonyl (C=O) groups excluding carboxylic acids is 1. The Bertz CT molecular complexity index is 246. The van der Waals surface area contributed by atoms with Crippen molar-refractivity contribution in [3.8, 4) is 0 Å². The molecule has 2 N–H and O–H groups in total. The standard InChI is InChI=1S/C8H15O6P/c1-2-8(9)13-6-4-3-5-7-14-15(10,11)12/h2H,1,3-7H2,(H2,10,11,12). The summed E-state index contributed by atoms with van der Waals surface area (Å²) in [6, 6.07) is 0. The summed E-state index contributed by atoms with van der Waals surface area (Å²) in [5, 5.41) is 0. The Balaban J connectivity index is 3.22. The van der Waals surface area contributed by atoms with E-state index >= 15 is 0 Å². The molecular weight excluding hydrogens is 223 g/mol. The van der Waals surface area contributed by atoms with Crippen molar-refractivity contribution in [2.45, 2.75) is 19.3 Å². The van der Waals surface area contributed by atoms with Crippen LogP contribution in [0.3, 0.4) is 0 Å². The highest BCUT2D eigenvalue weighted by Gasteiger charge is 2.12. The van der Waals surface area contributed by atoms with Gasteiger partial charge in [-0.1, -0.05) is 6.58 Å². The van der Waals surface area contributed by atoms with E-state index in [1.165, 1.54) is 0 Å². The van der Waals surface area contributed by atoms with Crippen molar-refractivity contribution in [1.29, 1.82) is 0 Å². The summed E-state index contributed by atoms with van der Waals surface area (Å²) in [6.07, 6.45) is 2.89. The monoisotopic (exact) mass is 238 g/mol. The first-order valence-electron chi connectivity index (χ1n) is 4.45. The van der Waals surface area contributed by atoms with E-state index in [2.05, 4.69) is 15.8 Å². The minimum Gasteiger partial charge on any atom is -0.463 e. The fourth-order valence-electron chi connectivity index (χ4n) is 0.796. The molecular formula is C8H15O6P. The van der Waals surface area contributed by atoms with Gasteiger partial charge in [0.05, 0.1) is 13.2 Å². The largest absolute Gasteiger partial charge is 0.469 e. The molecule has 0 saturated heterocycles. The first kappa shape index (κ1) is 14.3. The molecule has 0 atom stereocenters. The van der Waals surface area contributed by atoms with Crippen molar-refractivity contribution in [3.63, 3.8) is 0 Å². The number of rotatable bonds is 8. The first-order chi connectivity index (χ1) is 6.95. The van der Waals surface area contributed by atoms with E-state index in [-0.39, 0.29) is 13.2 Å². The molecule has 15 heavy (non-hydrogen) atoms. The molecule has 0 rings (SSSR count). The van der Waals surface area contributed by atoms with Gasteiger partial charge in [-0.05, 0) is 19.3 Å². The van der Waals surface area contributed by atoms with Crippen LogP contribution in [-0.2, 0) is 18.6 Å². The highest BCUT2D eigenvalue weighted by atomic mass is 31.2. The molecule has 0 amide bonds. The number of hydrogen-bond acceptors (Lipinski definition) is 4. The zero-order valence-electron chi connectivity index (χ0n) is 8.29. The van der Waals surface area contributed by atoms with Crippen LogP contribution in [0.4, 0.5) is 0 Å². The molecule has 0 aliphatic rings. The lowest BCUT2D eigenvalue weighted by Gasteiger charge is -2.04. The summed E-state index contributed by atoms with van der Waals surface area (Å²) in [5.74, 6) is -0.471. The summed E-state index contributed by atoms with van der Waals surface area (Å²) < 4.78 is 19.1. The summed E-state index contributed by atoms with van der Waals surface area (Å²) in [5.41, 5.74) is 0. The quantitative estimate of drug-likeness (QED) is 0.283. The van der Waals surface area contributed by atoms with E-state index in [0.29, 0.717) is 19.3 Å². The van der Waals surface area contributed by atoms with Crippen LogP contribution in [0.5, 0.6) is 0 Å². The van der Waals surface area contributed by atoms with Gasteiger partial charge in [0.15, 0.2) is 0 Å². The molecule has 0 aliphatic carbocycles. The average molecular weight is 238 g/mol. The zero-order valence-corrected chi connectivity index (χ0v) is 9.19. The lowest BCUT2D eigenvalue weighted by molar-refractivity contribution is -0.137. The minimum atomic E-state index is -4.34. The highest BCUT2D eigenvalue weighted by molar-refractivity contribution is 7.46. The van der Waals surface area contributed by atoms with E-state index in [1.54, 1.807) is 0 Å². The predicted octanol–water partition coefficient (Wildman–Crippen LogP) is 0.995. The van der Waals surface area contributed by atoms with Gasteiger partial charge in [0.2, 0.25) is 0 Å². The Kier molecular flexibility index (Phi) is 7.25. The fourth-order valence-corrected chi connectivity index (χ4v) is 1.16. The van der Waals surface area contributed by atoms with Crippen LogP contribution in [0, 0.1) is 0 Å². The Hall–Kier alpha value is -0.680. The number of carbonyl (C=O) groups is 1. The third-order valence-corrected chi connectivity index (χ3v) is 1.98. The van der Waals surface area contributed by atoms with Gasteiger partial charge in [0, 0.05) is 6.08 Å². The van der Waals surface area contributed by atoms with E-state index in [9.17, 15) is 9.36 Å². The second-order valence-corrected chi connectivity index (χ2v) is 4.00. The summed E-state index contributed by atoms with van der Waals surface area (Å²) in [6.45, 7) is 3.51. The van der Waals surface area contributed by atoms with Gasteiger partial charge in [-0.25, -0.2) is 9.36 Å². The van der Waals surface area contributed by atoms with Gasteiger partial charge in [0.25, 0.3) is 0 Å². The van der Waals surface area contributed by atoms with Crippen LogP contribution in [0.15, 0.2) is 12.7 Å². The third kappa shape index (κ3) is 11.2. The Morgan fingerprint density at radius 3 is 2.40 bits per heavy atom. The second-order valence-electron chi connectivity index (χ2n) is 2.76. The van der Waals surface area contributed by atoms with Crippen molar-refractivity contribution in [2.75, 3.05) is 13.2 Å². The number of hydrogen-bond donors (Lipinski definition) is 2. The van der Waals surface area contributed by atoms with Crippen LogP contribution in [0.2, 0.25) is 0 Å². The van der Waals surface area contributed by atoms with Crippen molar-refractivity contribution in [2.24, 2.45) is 0 Å². The van der Waals surface area contributed by atoms with E-state index in [4.69, 9.17) is 9.79 Å². The molecule has 0 radical (unpaired) electrons. The zero-order chi connectivity index (χ0) is 11.7. The van der Waals surface area contributed by atoms with Crippen molar-refractivity contribution in [1.82, 2.24) is 0 Å². The molecule has 0 unspecified atom stereocenters. The molecule has 0 heterocycles. The number of esters is 1. The average Bonchev–Trinajstić information content (AvgIpc) is 2.14. The fraction of sp³-hybridized carbons (Fsp3) is 0.625. The van der Waals surface area contributed by atoms with Crippen molar-refractivity contribution >= 4 is 13.8 Å². The Morgan fingerprint density at radius 2 is 1.87 bits per heavy atom. The molecule has 0 aliphatic heterocycles. The molecule has 6 nitrogen and oxygen atoms in total. The highest BCUT2D eigenvalue weighted by Crippen LogP contribution is 2.35. The molecule has 0 bridgehead atoms. The molecule has 88 valence electrons. The van der Waals surface area contributed by atoms with Crippen LogP contribution < -0.4 is 0 Å². The SMILES string of the molecule is C=CC(=O)OCCCCCOP(=O)(O)O. The smallest absolute Gasteiger partial charge is 0.463 e. The van der Waals surface area contributed by atoms with E-state index in [1.807, 2.05) is 0 Å². The minimum absolute atomic E-state index is 0.000315. The molecule has 0 saturated carbocycles. The molecule has 0 aromatic rings. The van der Waals surface area contributed by atoms with Gasteiger partial charge >= 0.3 is 13.8 Å². The van der Waals surface area contributed by atoms with Crippen LogP contribution >= 0.6 is 7.82 Å². The summed E-state index contributed by atoms with van der Waals surface area (Å²) >= 11 is 0. The first-order valence-corrected chi connectivity index (χ1v) is 5.98. The third-order valence-electron chi connectivity index (χ3n) is 1.46. The van der Waals surface area contributed by atoms with Gasteiger partial charge < -0.3 is 14.5 Å². The predicted molar refractivity (Wildman–Crippen MR) is 53.0 cm³/mol. The lowest BCUT2D eigenvalue weighted by atomic mass is 10.2. The molecule has 7 heteroatoms. The van der Waals surface area contributed by atoms with Crippen LogP contribution in [0.1, 0.15) is 19.3 Å². The Labute approximate surface area is 88.1 Å². The van der Waals surface area contributed by atoms with Crippen molar-refractivity contribution in [3.05, 3.63) is 12.7 Å². The normalized spacial score (nSPS) is 11.1. The molecule has 0 fully saturated rings. The lowest BCUT2D eigenvalue weighted by Crippen LogP contribution is -2.02.